The van der Waals surface area contributed by atoms with Gasteiger partial charge in [0, 0.05) is 13.1 Å². The first kappa shape index (κ1) is 34.9. The molecule has 2 unspecified atom stereocenters. The molecule has 0 spiro atoms. The number of amides is 6. The Morgan fingerprint density at radius 1 is 0.913 bits per heavy atom. The minimum atomic E-state index is -1.11. The van der Waals surface area contributed by atoms with Gasteiger partial charge in [0.2, 0.25) is 23.5 Å². The molecule has 1 aliphatic heterocycles. The fourth-order valence-corrected chi connectivity index (χ4v) is 6.75. The third-order valence-electron chi connectivity index (χ3n) is 9.69. The van der Waals surface area contributed by atoms with Crippen molar-refractivity contribution in [1.29, 1.82) is 0 Å². The summed E-state index contributed by atoms with van der Waals surface area (Å²) >= 11 is 0. The first-order chi connectivity index (χ1) is 21.8. The molecule has 12 nitrogen and oxygen atoms in total. The molecule has 0 aromatic heterocycles. The molecule has 1 saturated heterocycles. The molecule has 3 aliphatic rings. The molecule has 4 rings (SSSR count). The van der Waals surface area contributed by atoms with Crippen LogP contribution in [0.1, 0.15) is 97.0 Å². The van der Waals surface area contributed by atoms with Gasteiger partial charge in [-0.2, -0.15) is 0 Å². The number of nitrogens with zero attached hydrogens (tertiary/aromatic N) is 1. The van der Waals surface area contributed by atoms with Crippen LogP contribution in [0.5, 0.6) is 0 Å². The molecule has 12 heteroatoms. The second kappa shape index (κ2) is 15.1. The fourth-order valence-electron chi connectivity index (χ4n) is 6.75. The van der Waals surface area contributed by atoms with Crippen molar-refractivity contribution in [2.24, 2.45) is 17.1 Å². The van der Waals surface area contributed by atoms with Crippen molar-refractivity contribution in [2.75, 3.05) is 6.54 Å². The third-order valence-corrected chi connectivity index (χ3v) is 9.69. The number of hydrogen-bond acceptors (Lipinski definition) is 6. The van der Waals surface area contributed by atoms with E-state index in [2.05, 4.69) is 21.3 Å². The van der Waals surface area contributed by atoms with Gasteiger partial charge in [-0.25, -0.2) is 4.79 Å². The highest BCUT2D eigenvalue weighted by Gasteiger charge is 2.45. The normalized spacial score (nSPS) is 20.8. The maximum absolute atomic E-state index is 14.1. The molecular weight excluding hydrogens is 588 g/mol. The number of nitrogens with two attached hydrogens (primary N) is 1. The van der Waals surface area contributed by atoms with Crippen LogP contribution in [0, 0.1) is 11.3 Å². The van der Waals surface area contributed by atoms with Gasteiger partial charge in [-0.15, -0.1) is 0 Å². The van der Waals surface area contributed by atoms with Crippen LogP contribution >= 0.6 is 0 Å². The molecule has 1 heterocycles. The van der Waals surface area contributed by atoms with Gasteiger partial charge in [-0.3, -0.25) is 24.0 Å². The van der Waals surface area contributed by atoms with Crippen LogP contribution in [0.3, 0.4) is 0 Å². The lowest BCUT2D eigenvalue weighted by molar-refractivity contribution is -0.143. The van der Waals surface area contributed by atoms with E-state index in [0.29, 0.717) is 45.2 Å². The van der Waals surface area contributed by atoms with Gasteiger partial charge in [-0.1, -0.05) is 89.6 Å². The Hall–Kier alpha value is -3.96. The predicted octanol–water partition coefficient (Wildman–Crippen LogP) is 2.44. The number of carbonyl (C=O) groups excluding carboxylic acids is 6. The van der Waals surface area contributed by atoms with Gasteiger partial charge in [0.15, 0.2) is 0 Å². The zero-order valence-corrected chi connectivity index (χ0v) is 27.4. The lowest BCUT2D eigenvalue weighted by atomic mass is 9.80. The van der Waals surface area contributed by atoms with Crippen LogP contribution in [0.2, 0.25) is 0 Å². The third kappa shape index (κ3) is 8.64. The van der Waals surface area contributed by atoms with Gasteiger partial charge >= 0.3 is 6.03 Å². The first-order valence-corrected chi connectivity index (χ1v) is 16.7. The lowest BCUT2D eigenvalue weighted by Gasteiger charge is -2.39. The summed E-state index contributed by atoms with van der Waals surface area (Å²) in [5, 5.41) is 11.5. The maximum atomic E-state index is 14.1. The van der Waals surface area contributed by atoms with Crippen molar-refractivity contribution in [1.82, 2.24) is 26.2 Å². The van der Waals surface area contributed by atoms with Crippen molar-refractivity contribution in [2.45, 2.75) is 122 Å². The monoisotopic (exact) mass is 638 g/mol. The zero-order valence-electron chi connectivity index (χ0n) is 27.4. The van der Waals surface area contributed by atoms with Gasteiger partial charge in [-0.05, 0) is 49.0 Å². The zero-order chi connectivity index (χ0) is 33.5. The van der Waals surface area contributed by atoms with Gasteiger partial charge in [0.25, 0.3) is 5.91 Å². The molecule has 1 aromatic carbocycles. The number of rotatable bonds is 12. The van der Waals surface area contributed by atoms with E-state index < -0.39 is 58.6 Å². The highest BCUT2D eigenvalue weighted by molar-refractivity contribution is 6.37. The van der Waals surface area contributed by atoms with E-state index >= 15 is 0 Å². The molecule has 1 aromatic rings. The number of primary amides is 1. The van der Waals surface area contributed by atoms with E-state index in [1.54, 1.807) is 0 Å². The summed E-state index contributed by atoms with van der Waals surface area (Å²) < 4.78 is 0. The number of likely N-dealkylation sites (tertiary alicyclic amines) is 1. The quantitative estimate of drug-likeness (QED) is 0.219. The molecule has 252 valence electrons. The average Bonchev–Trinajstić information content (AvgIpc) is 3.50. The van der Waals surface area contributed by atoms with E-state index in [0.717, 1.165) is 44.1 Å². The van der Waals surface area contributed by atoms with Crippen LogP contribution in [-0.2, 0) is 30.5 Å². The molecule has 46 heavy (non-hydrogen) atoms. The Balaban J connectivity index is 1.44. The van der Waals surface area contributed by atoms with Gasteiger partial charge in [0.1, 0.15) is 17.6 Å². The predicted molar refractivity (Wildman–Crippen MR) is 172 cm³/mol. The summed E-state index contributed by atoms with van der Waals surface area (Å²) in [6.45, 7) is 6.10. The van der Waals surface area contributed by atoms with Gasteiger partial charge in [0.05, 0.1) is 6.04 Å². The van der Waals surface area contributed by atoms with Gasteiger partial charge < -0.3 is 31.9 Å². The summed E-state index contributed by atoms with van der Waals surface area (Å²) in [5.74, 6) is -2.91. The van der Waals surface area contributed by atoms with Crippen molar-refractivity contribution in [3.63, 3.8) is 0 Å². The number of carbonyl (C=O) groups is 6. The maximum Gasteiger partial charge on any atom is 0.316 e. The summed E-state index contributed by atoms with van der Waals surface area (Å²) in [6, 6.07) is 6.01. The first-order valence-electron chi connectivity index (χ1n) is 16.7. The number of benzene rings is 1. The second-order valence-corrected chi connectivity index (χ2v) is 14.2. The van der Waals surface area contributed by atoms with Crippen molar-refractivity contribution in [3.05, 3.63) is 35.9 Å². The number of ketones is 1. The number of nitrogens with one attached hydrogen (secondary N) is 4. The lowest BCUT2D eigenvalue weighted by Crippen LogP contribution is -2.65. The minimum absolute atomic E-state index is 0.232. The van der Waals surface area contributed by atoms with Crippen LogP contribution in [-0.4, -0.2) is 70.6 Å². The summed E-state index contributed by atoms with van der Waals surface area (Å²) in [4.78, 5) is 80.3. The van der Waals surface area contributed by atoms with Crippen molar-refractivity contribution in [3.8, 4) is 0 Å². The molecule has 2 aliphatic carbocycles. The molecule has 0 bridgehead atoms. The Labute approximate surface area is 271 Å². The molecule has 6 amide bonds. The molecule has 3 fully saturated rings. The van der Waals surface area contributed by atoms with E-state index in [4.69, 9.17) is 5.73 Å². The Bertz CT molecular complexity index is 1280. The van der Waals surface area contributed by atoms with Crippen LogP contribution in [0.15, 0.2) is 30.3 Å². The number of urea groups is 1. The SMILES string of the molecule is CC(C)(C)C(NC(=O)NC1(C(=O)NCc2ccccc2)CCCCC1)C(=O)N1CCC[C@H]1C(=O)NC(CC1CCC1)C(=O)C(N)=O. The van der Waals surface area contributed by atoms with Crippen LogP contribution in [0.4, 0.5) is 4.79 Å². The highest BCUT2D eigenvalue weighted by atomic mass is 16.2. The summed E-state index contributed by atoms with van der Waals surface area (Å²) in [5.41, 5.74) is 4.38. The molecule has 3 atom stereocenters. The van der Waals surface area contributed by atoms with E-state index in [9.17, 15) is 28.8 Å². The topological polar surface area (TPSA) is 180 Å². The molecular formula is C34H50N6O6. The standard InChI is InChI=1S/C34H50N6O6/c1-33(2,3)27(38-32(46)39-34(17-8-5-9-18-34)31(45)36-21-23-12-6-4-7-13-23)30(44)40-19-11-16-25(40)29(43)37-24(26(41)28(35)42)20-22-14-10-15-22/h4,6-7,12-13,22,24-25,27H,5,8-11,14-21H2,1-3H3,(H2,35,42)(H,36,45)(H,37,43)(H2,38,39,46)/t24?,25-,27?/m0/s1. The Kier molecular flexibility index (Phi) is 11.4. The number of Topliss-reactive ketones (excluding diaryl/α,β-unsaturated/α-hetero) is 1. The summed E-state index contributed by atoms with van der Waals surface area (Å²) in [7, 11) is 0. The second-order valence-electron chi connectivity index (χ2n) is 14.2. The van der Waals surface area contributed by atoms with Crippen molar-refractivity contribution >= 4 is 35.4 Å². The molecule has 2 saturated carbocycles. The van der Waals surface area contributed by atoms with Crippen LogP contribution < -0.4 is 27.0 Å². The fraction of sp³-hybridized carbons (Fsp3) is 0.647. The largest absolute Gasteiger partial charge is 0.363 e. The van der Waals surface area contributed by atoms with Crippen molar-refractivity contribution < 1.29 is 28.8 Å². The Morgan fingerprint density at radius 2 is 1.59 bits per heavy atom. The van der Waals surface area contributed by atoms with E-state index in [-0.39, 0.29) is 11.8 Å². The van der Waals surface area contributed by atoms with E-state index in [1.807, 2.05) is 51.1 Å². The Morgan fingerprint density at radius 3 is 2.17 bits per heavy atom. The summed E-state index contributed by atoms with van der Waals surface area (Å²) in [6.07, 6.45) is 7.65. The number of hydrogen-bond donors (Lipinski definition) is 5. The molecule has 6 N–H and O–H groups in total. The minimum Gasteiger partial charge on any atom is -0.363 e. The molecule has 0 radical (unpaired) electrons. The van der Waals surface area contributed by atoms with Crippen LogP contribution in [0.25, 0.3) is 0 Å². The van der Waals surface area contributed by atoms with E-state index in [1.165, 1.54) is 4.90 Å². The average molecular weight is 639 g/mol. The highest BCUT2D eigenvalue weighted by Crippen LogP contribution is 2.32. The smallest absolute Gasteiger partial charge is 0.316 e.